The lowest BCUT2D eigenvalue weighted by Gasteiger charge is -2.33. The number of fused-ring (bicyclic) bond motifs is 1. The van der Waals surface area contributed by atoms with Crippen molar-refractivity contribution in [2.24, 2.45) is 5.92 Å². The van der Waals surface area contributed by atoms with Crippen LogP contribution < -0.4 is 10.2 Å². The number of carbonyl (C=O) groups excluding carboxylic acids is 1. The monoisotopic (exact) mass is 493 g/mol. The molecule has 0 aromatic carbocycles. The quantitative estimate of drug-likeness (QED) is 0.558. The van der Waals surface area contributed by atoms with Crippen molar-refractivity contribution < 1.29 is 4.79 Å². The van der Waals surface area contributed by atoms with Crippen molar-refractivity contribution in [1.29, 1.82) is 0 Å². The van der Waals surface area contributed by atoms with Crippen molar-refractivity contribution in [3.05, 3.63) is 35.0 Å². The van der Waals surface area contributed by atoms with E-state index in [9.17, 15) is 4.79 Å². The molecule has 0 radical (unpaired) electrons. The number of piperazine rings is 1. The lowest BCUT2D eigenvalue weighted by Crippen LogP contribution is -2.44. The number of amides is 1. The fraction of sp³-hybridized carbons (Fsp3) is 0.538. The van der Waals surface area contributed by atoms with Crippen molar-refractivity contribution in [3.8, 4) is 0 Å². The van der Waals surface area contributed by atoms with E-state index in [0.29, 0.717) is 11.9 Å². The summed E-state index contributed by atoms with van der Waals surface area (Å²) in [5.41, 5.74) is 3.16. The molecule has 2 aliphatic rings. The Kier molecular flexibility index (Phi) is 6.88. The SMILES string of the molecule is CC1CCC(c2c(C(=O)N(C)C)sc3cnc(Nc4ccc(N5CCN(C)CC5)cn4)nc23)CC1. The summed E-state index contributed by atoms with van der Waals surface area (Å²) >= 11 is 1.52. The summed E-state index contributed by atoms with van der Waals surface area (Å²) in [6.45, 7) is 6.48. The molecule has 35 heavy (non-hydrogen) atoms. The first-order valence-corrected chi connectivity index (χ1v) is 13.4. The van der Waals surface area contributed by atoms with Crippen LogP contribution in [0.15, 0.2) is 24.5 Å². The lowest BCUT2D eigenvalue weighted by atomic mass is 9.79. The van der Waals surface area contributed by atoms with Crippen LogP contribution in [0.1, 0.15) is 53.8 Å². The summed E-state index contributed by atoms with van der Waals surface area (Å²) in [4.78, 5) is 34.3. The van der Waals surface area contributed by atoms with Crippen molar-refractivity contribution >= 4 is 44.9 Å². The van der Waals surface area contributed by atoms with Crippen molar-refractivity contribution in [2.75, 3.05) is 57.5 Å². The molecule has 1 amide bonds. The maximum absolute atomic E-state index is 13.1. The highest BCUT2D eigenvalue weighted by Gasteiger charge is 2.30. The lowest BCUT2D eigenvalue weighted by molar-refractivity contribution is 0.0830. The van der Waals surface area contributed by atoms with E-state index in [-0.39, 0.29) is 5.91 Å². The summed E-state index contributed by atoms with van der Waals surface area (Å²) in [7, 11) is 5.79. The number of likely N-dealkylation sites (N-methyl/N-ethyl adjacent to an activating group) is 1. The number of aromatic nitrogens is 3. The third-order valence-corrected chi connectivity index (χ3v) is 8.46. The molecule has 5 rings (SSSR count). The van der Waals surface area contributed by atoms with Gasteiger partial charge in [-0.05, 0) is 43.9 Å². The number of nitrogens with one attached hydrogen (secondary N) is 1. The molecule has 1 N–H and O–H groups in total. The maximum Gasteiger partial charge on any atom is 0.263 e. The fourth-order valence-electron chi connectivity index (χ4n) is 5.09. The van der Waals surface area contributed by atoms with E-state index in [4.69, 9.17) is 4.98 Å². The van der Waals surface area contributed by atoms with Crippen molar-refractivity contribution in [3.63, 3.8) is 0 Å². The van der Waals surface area contributed by atoms with Crippen LogP contribution in [0, 0.1) is 5.92 Å². The Bertz CT molecular complexity index is 1180. The summed E-state index contributed by atoms with van der Waals surface area (Å²) in [5, 5.41) is 3.28. The van der Waals surface area contributed by atoms with Crippen LogP contribution >= 0.6 is 11.3 Å². The average molecular weight is 494 g/mol. The molecular formula is C26H35N7OS. The molecule has 0 bridgehead atoms. The molecule has 4 heterocycles. The number of nitrogens with zero attached hydrogens (tertiary/aromatic N) is 6. The highest BCUT2D eigenvalue weighted by atomic mass is 32.1. The van der Waals surface area contributed by atoms with Gasteiger partial charge in [0.25, 0.3) is 5.91 Å². The summed E-state index contributed by atoms with van der Waals surface area (Å²) < 4.78 is 0.966. The second kappa shape index (κ2) is 10.1. The molecular weight excluding hydrogens is 458 g/mol. The summed E-state index contributed by atoms with van der Waals surface area (Å²) in [6, 6.07) is 4.09. The van der Waals surface area contributed by atoms with Gasteiger partial charge in [0.05, 0.1) is 33.2 Å². The zero-order chi connectivity index (χ0) is 24.5. The van der Waals surface area contributed by atoms with Crippen LogP contribution in [0.4, 0.5) is 17.5 Å². The minimum absolute atomic E-state index is 0.0530. The van der Waals surface area contributed by atoms with Gasteiger partial charge in [-0.2, -0.15) is 0 Å². The van der Waals surface area contributed by atoms with Gasteiger partial charge in [-0.15, -0.1) is 11.3 Å². The van der Waals surface area contributed by atoms with E-state index in [1.54, 1.807) is 4.90 Å². The number of hydrogen-bond acceptors (Lipinski definition) is 8. The third kappa shape index (κ3) is 5.11. The zero-order valence-electron chi connectivity index (χ0n) is 21.1. The predicted octanol–water partition coefficient (Wildman–Crippen LogP) is 4.58. The number of carbonyl (C=O) groups is 1. The van der Waals surface area contributed by atoms with Gasteiger partial charge in [0, 0.05) is 45.8 Å². The largest absolute Gasteiger partial charge is 0.368 e. The first kappa shape index (κ1) is 23.9. The van der Waals surface area contributed by atoms with Crippen molar-refractivity contribution in [2.45, 2.75) is 38.5 Å². The Morgan fingerprint density at radius 2 is 1.80 bits per heavy atom. The fourth-order valence-corrected chi connectivity index (χ4v) is 6.31. The molecule has 0 spiro atoms. The number of pyridine rings is 1. The van der Waals surface area contributed by atoms with Gasteiger partial charge in [0.2, 0.25) is 5.95 Å². The van der Waals surface area contributed by atoms with Crippen LogP contribution in [0.5, 0.6) is 0 Å². The van der Waals surface area contributed by atoms with Crippen LogP contribution in [0.25, 0.3) is 10.2 Å². The molecule has 0 unspecified atom stereocenters. The van der Waals surface area contributed by atoms with E-state index < -0.39 is 0 Å². The number of anilines is 3. The minimum atomic E-state index is 0.0530. The summed E-state index contributed by atoms with van der Waals surface area (Å²) in [5.74, 6) is 2.40. The van der Waals surface area contributed by atoms with Gasteiger partial charge >= 0.3 is 0 Å². The molecule has 2 fully saturated rings. The molecule has 1 aliphatic carbocycles. The van der Waals surface area contributed by atoms with Gasteiger partial charge in [0.15, 0.2) is 0 Å². The molecule has 9 heteroatoms. The first-order chi connectivity index (χ1) is 16.9. The van der Waals surface area contributed by atoms with E-state index in [2.05, 4.69) is 45.1 Å². The molecule has 8 nitrogen and oxygen atoms in total. The molecule has 3 aromatic heterocycles. The second-order valence-corrected chi connectivity index (χ2v) is 11.3. The van der Waals surface area contributed by atoms with Gasteiger partial charge in [-0.25, -0.2) is 15.0 Å². The van der Waals surface area contributed by atoms with Gasteiger partial charge < -0.3 is 20.0 Å². The Labute approximate surface area is 211 Å². The maximum atomic E-state index is 13.1. The highest BCUT2D eigenvalue weighted by Crippen LogP contribution is 2.43. The Morgan fingerprint density at radius 3 is 2.46 bits per heavy atom. The molecule has 3 aromatic rings. The molecule has 1 saturated heterocycles. The van der Waals surface area contributed by atoms with Gasteiger partial charge in [0.1, 0.15) is 5.82 Å². The van der Waals surface area contributed by atoms with E-state index in [1.807, 2.05) is 32.6 Å². The van der Waals surface area contributed by atoms with Gasteiger partial charge in [-0.1, -0.05) is 19.8 Å². The molecule has 0 atom stereocenters. The van der Waals surface area contributed by atoms with Crippen LogP contribution in [0.3, 0.4) is 0 Å². The summed E-state index contributed by atoms with van der Waals surface area (Å²) in [6.07, 6.45) is 8.34. The van der Waals surface area contributed by atoms with E-state index in [1.165, 1.54) is 24.2 Å². The smallest absolute Gasteiger partial charge is 0.263 e. The van der Waals surface area contributed by atoms with E-state index in [0.717, 1.165) is 77.1 Å². The average Bonchev–Trinajstić information content (AvgIpc) is 3.24. The number of thiophene rings is 1. The minimum Gasteiger partial charge on any atom is -0.368 e. The van der Waals surface area contributed by atoms with Crippen LogP contribution in [-0.4, -0.2) is 78.0 Å². The molecule has 1 saturated carbocycles. The third-order valence-electron chi connectivity index (χ3n) is 7.35. The second-order valence-electron chi connectivity index (χ2n) is 10.2. The molecule has 186 valence electrons. The van der Waals surface area contributed by atoms with E-state index >= 15 is 0 Å². The highest BCUT2D eigenvalue weighted by molar-refractivity contribution is 7.21. The zero-order valence-corrected chi connectivity index (χ0v) is 21.9. The standard InChI is InChI=1S/C26H35N7OS/c1-17-5-7-18(8-6-17)22-23-20(35-24(22)25(34)31(2)3)16-28-26(30-23)29-21-10-9-19(15-27-21)33-13-11-32(4)12-14-33/h9-10,15-18H,5-8,11-14H2,1-4H3,(H,27,28,29,30). The van der Waals surface area contributed by atoms with Crippen LogP contribution in [0.2, 0.25) is 0 Å². The normalized spacial score (nSPS) is 21.3. The number of hydrogen-bond donors (Lipinski definition) is 1. The Balaban J connectivity index is 1.41. The predicted molar refractivity (Wildman–Crippen MR) is 143 cm³/mol. The van der Waals surface area contributed by atoms with Gasteiger partial charge in [-0.3, -0.25) is 4.79 Å². The van der Waals surface area contributed by atoms with Crippen molar-refractivity contribution in [1.82, 2.24) is 24.8 Å². The Hall–Kier alpha value is -2.78. The molecule has 1 aliphatic heterocycles. The van der Waals surface area contributed by atoms with Crippen LogP contribution in [-0.2, 0) is 0 Å². The number of rotatable bonds is 5. The first-order valence-electron chi connectivity index (χ1n) is 12.6. The Morgan fingerprint density at radius 1 is 1.06 bits per heavy atom. The topological polar surface area (TPSA) is 77.5 Å².